The Morgan fingerprint density at radius 1 is 1.20 bits per heavy atom. The lowest BCUT2D eigenvalue weighted by molar-refractivity contribution is -0.135. The van der Waals surface area contributed by atoms with Crippen LogP contribution in [0.15, 0.2) is 47.8 Å². The first kappa shape index (κ1) is 14.0. The van der Waals surface area contributed by atoms with E-state index in [0.29, 0.717) is 17.4 Å². The number of carbonyl (C=O) groups excluding carboxylic acids is 1. The Morgan fingerprint density at radius 2 is 1.90 bits per heavy atom. The molecule has 2 aromatic rings. The van der Waals surface area contributed by atoms with Crippen molar-refractivity contribution in [2.45, 2.75) is 6.42 Å². The highest BCUT2D eigenvalue weighted by Gasteiger charge is 2.11. The molecule has 6 heteroatoms. The van der Waals surface area contributed by atoms with Gasteiger partial charge in [-0.3, -0.25) is 9.78 Å². The van der Waals surface area contributed by atoms with E-state index in [0.717, 1.165) is 11.1 Å². The summed E-state index contributed by atoms with van der Waals surface area (Å²) in [5.74, 6) is -3.00. The second-order valence-corrected chi connectivity index (χ2v) is 4.96. The molecule has 0 spiro atoms. The van der Waals surface area contributed by atoms with E-state index in [1.165, 1.54) is 11.3 Å². The third-order valence-electron chi connectivity index (χ3n) is 2.54. The lowest BCUT2D eigenvalue weighted by atomic mass is 10.1. The Morgan fingerprint density at radius 3 is 2.55 bits per heavy atom. The quantitative estimate of drug-likeness (QED) is 0.501. The van der Waals surface area contributed by atoms with Crippen LogP contribution in [0.2, 0.25) is 0 Å². The number of hydrogen-bond donors (Lipinski definition) is 2. The summed E-state index contributed by atoms with van der Waals surface area (Å²) < 4.78 is 0. The molecule has 0 saturated carbocycles. The molecule has 0 unspecified atom stereocenters. The largest absolute Gasteiger partial charge is 0.502 e. The molecule has 2 rings (SSSR count). The summed E-state index contributed by atoms with van der Waals surface area (Å²) in [6, 6.07) is 5.46. The number of allylic oxidation sites excluding steroid dienone is 1. The molecule has 102 valence electrons. The molecule has 2 N–H and O–H groups in total. The Bertz CT molecular complexity index is 661. The molecule has 0 atom stereocenters. The third kappa shape index (κ3) is 3.52. The summed E-state index contributed by atoms with van der Waals surface area (Å²) in [7, 11) is 0. The molecule has 0 saturated heterocycles. The zero-order chi connectivity index (χ0) is 14.5. The smallest absolute Gasteiger partial charge is 0.371 e. The zero-order valence-corrected chi connectivity index (χ0v) is 11.1. The van der Waals surface area contributed by atoms with Gasteiger partial charge in [-0.05, 0) is 41.1 Å². The molecule has 0 amide bonds. The fourth-order valence-electron chi connectivity index (χ4n) is 1.59. The Balaban J connectivity index is 2.11. The van der Waals surface area contributed by atoms with Gasteiger partial charge in [0.1, 0.15) is 0 Å². The number of pyridine rings is 1. The lowest BCUT2D eigenvalue weighted by Gasteiger charge is -1.96. The summed E-state index contributed by atoms with van der Waals surface area (Å²) in [6.45, 7) is 0. The fraction of sp³-hybridized carbons (Fsp3) is 0.0714. The summed E-state index contributed by atoms with van der Waals surface area (Å²) in [5.41, 5.74) is 2.02. The van der Waals surface area contributed by atoms with Gasteiger partial charge in [0.15, 0.2) is 5.78 Å². The molecule has 20 heavy (non-hydrogen) atoms. The molecule has 0 aliphatic heterocycles. The number of hydrogen-bond acceptors (Lipinski definition) is 5. The highest BCUT2D eigenvalue weighted by Crippen LogP contribution is 2.19. The Labute approximate surface area is 118 Å². The van der Waals surface area contributed by atoms with Crippen molar-refractivity contribution in [3.05, 3.63) is 63.8 Å². The van der Waals surface area contributed by atoms with Crippen molar-refractivity contribution in [2.24, 2.45) is 0 Å². The van der Waals surface area contributed by atoms with E-state index in [9.17, 15) is 9.59 Å². The second-order valence-electron chi connectivity index (χ2n) is 4.05. The van der Waals surface area contributed by atoms with Crippen molar-refractivity contribution < 1.29 is 19.8 Å². The molecular formula is C14H11NO4S. The predicted molar refractivity (Wildman–Crippen MR) is 74.0 cm³/mol. The molecular weight excluding hydrogens is 278 g/mol. The highest BCUT2D eigenvalue weighted by atomic mass is 32.1. The Kier molecular flexibility index (Phi) is 4.27. The molecule has 2 aromatic heterocycles. The minimum atomic E-state index is -1.52. The number of aliphatic carboxylic acids is 1. The van der Waals surface area contributed by atoms with Crippen LogP contribution in [0, 0.1) is 0 Å². The number of carbonyl (C=O) groups is 2. The number of thiophene rings is 1. The Hall–Kier alpha value is -2.47. The maximum absolute atomic E-state index is 11.7. The van der Waals surface area contributed by atoms with Crippen LogP contribution in [0.5, 0.6) is 0 Å². The normalized spacial score (nSPS) is 11.3. The van der Waals surface area contributed by atoms with Crippen LogP contribution < -0.4 is 0 Å². The maximum atomic E-state index is 11.7. The van der Waals surface area contributed by atoms with Gasteiger partial charge in [-0.15, -0.1) is 11.3 Å². The van der Waals surface area contributed by atoms with E-state index in [-0.39, 0.29) is 0 Å². The number of nitrogens with zero attached hydrogens (tertiary/aromatic N) is 1. The van der Waals surface area contributed by atoms with Crippen molar-refractivity contribution in [3.63, 3.8) is 0 Å². The van der Waals surface area contributed by atoms with E-state index in [2.05, 4.69) is 4.98 Å². The maximum Gasteiger partial charge on any atom is 0.371 e. The first-order valence-corrected chi connectivity index (χ1v) is 6.59. The topological polar surface area (TPSA) is 87.5 Å². The van der Waals surface area contributed by atoms with Gasteiger partial charge < -0.3 is 10.2 Å². The van der Waals surface area contributed by atoms with Gasteiger partial charge in [-0.2, -0.15) is 0 Å². The minimum Gasteiger partial charge on any atom is -0.502 e. The molecule has 0 aliphatic carbocycles. The van der Waals surface area contributed by atoms with Crippen LogP contribution in [0.4, 0.5) is 0 Å². The van der Waals surface area contributed by atoms with Crippen molar-refractivity contribution in [1.82, 2.24) is 4.98 Å². The van der Waals surface area contributed by atoms with Crippen LogP contribution in [0.25, 0.3) is 0 Å². The molecule has 0 aromatic carbocycles. The van der Waals surface area contributed by atoms with E-state index in [1.807, 2.05) is 17.5 Å². The number of ketones is 1. The molecule has 0 bridgehead atoms. The van der Waals surface area contributed by atoms with Crippen molar-refractivity contribution in [1.29, 1.82) is 0 Å². The third-order valence-corrected chi connectivity index (χ3v) is 3.53. The number of aromatic nitrogens is 1. The zero-order valence-electron chi connectivity index (χ0n) is 10.3. The van der Waals surface area contributed by atoms with E-state index < -0.39 is 17.5 Å². The van der Waals surface area contributed by atoms with Crippen LogP contribution in [-0.4, -0.2) is 26.9 Å². The summed E-state index contributed by atoms with van der Waals surface area (Å²) in [5, 5.41) is 19.4. The van der Waals surface area contributed by atoms with Crippen LogP contribution in [-0.2, 0) is 11.2 Å². The first-order chi connectivity index (χ1) is 9.56. The molecule has 0 aliphatic rings. The standard InChI is InChI=1S/C14H11NO4S/c16-11(7-12(17)14(18)19)13-6-10(8-20-13)5-9-1-3-15-4-2-9/h1-4,6-8,17H,5H2,(H,18,19). The number of carboxylic acid groups (broad SMARTS) is 1. The van der Waals surface area contributed by atoms with Gasteiger partial charge in [-0.1, -0.05) is 0 Å². The summed E-state index contributed by atoms with van der Waals surface area (Å²) >= 11 is 1.22. The molecule has 5 nitrogen and oxygen atoms in total. The average Bonchev–Trinajstić information content (AvgIpc) is 2.88. The van der Waals surface area contributed by atoms with E-state index in [4.69, 9.17) is 10.2 Å². The van der Waals surface area contributed by atoms with E-state index >= 15 is 0 Å². The highest BCUT2D eigenvalue weighted by molar-refractivity contribution is 7.12. The predicted octanol–water partition coefficient (Wildman–Crippen LogP) is 2.44. The molecule has 0 fully saturated rings. The molecule has 0 radical (unpaired) electrons. The summed E-state index contributed by atoms with van der Waals surface area (Å²) in [6.07, 6.45) is 4.77. The van der Waals surface area contributed by atoms with Crippen LogP contribution >= 0.6 is 11.3 Å². The lowest BCUT2D eigenvalue weighted by Crippen LogP contribution is -2.02. The second kappa shape index (κ2) is 6.12. The minimum absolute atomic E-state index is 0.391. The van der Waals surface area contributed by atoms with Gasteiger partial charge in [-0.25, -0.2) is 4.79 Å². The first-order valence-electron chi connectivity index (χ1n) is 5.71. The monoisotopic (exact) mass is 289 g/mol. The van der Waals surface area contributed by atoms with Crippen molar-refractivity contribution >= 4 is 23.1 Å². The number of carboxylic acids is 1. The van der Waals surface area contributed by atoms with Gasteiger partial charge >= 0.3 is 5.97 Å². The number of rotatable bonds is 5. The summed E-state index contributed by atoms with van der Waals surface area (Å²) in [4.78, 5) is 26.5. The fourth-order valence-corrected chi connectivity index (χ4v) is 2.42. The van der Waals surface area contributed by atoms with Gasteiger partial charge in [0.05, 0.1) is 4.88 Å². The molecule has 2 heterocycles. The van der Waals surface area contributed by atoms with Gasteiger partial charge in [0.25, 0.3) is 0 Å². The number of aliphatic hydroxyl groups is 1. The van der Waals surface area contributed by atoms with Crippen LogP contribution in [0.3, 0.4) is 0 Å². The van der Waals surface area contributed by atoms with Gasteiger partial charge in [0, 0.05) is 18.5 Å². The number of aliphatic hydroxyl groups excluding tert-OH is 1. The SMILES string of the molecule is O=C(O)C(O)=CC(=O)c1cc(Cc2ccncc2)cs1. The average molecular weight is 289 g/mol. The van der Waals surface area contributed by atoms with E-state index in [1.54, 1.807) is 18.5 Å². The van der Waals surface area contributed by atoms with Gasteiger partial charge in [0.2, 0.25) is 5.76 Å². The van der Waals surface area contributed by atoms with Crippen LogP contribution in [0.1, 0.15) is 20.8 Å². The van der Waals surface area contributed by atoms with Crippen molar-refractivity contribution in [2.75, 3.05) is 0 Å². The van der Waals surface area contributed by atoms with Crippen molar-refractivity contribution in [3.8, 4) is 0 Å².